The number of hydrogen-bond donors (Lipinski definition) is 0. The van der Waals surface area contributed by atoms with Crippen LogP contribution in [-0.2, 0) is 0 Å². The average molecular weight is 285 g/mol. The number of ketones is 1. The van der Waals surface area contributed by atoms with E-state index in [1.165, 1.54) is 25.1 Å². The molecule has 2 aromatic rings. The van der Waals surface area contributed by atoms with Crippen LogP contribution in [0.15, 0.2) is 48.5 Å². The number of rotatable bonds is 5. The van der Waals surface area contributed by atoms with Crippen LogP contribution in [0.5, 0.6) is 5.75 Å². The monoisotopic (exact) mass is 285 g/mol. The topological polar surface area (TPSA) is 69.4 Å². The predicted molar refractivity (Wildman–Crippen MR) is 78.6 cm³/mol. The number of Topliss-reactive ketones (excluding diaryl/α,β-unsaturated/α-hetero) is 1. The zero-order valence-electron chi connectivity index (χ0n) is 11.8. The molecule has 5 nitrogen and oxygen atoms in total. The highest BCUT2D eigenvalue weighted by Crippen LogP contribution is 2.27. The third-order valence-corrected chi connectivity index (χ3v) is 3.13. The van der Waals surface area contributed by atoms with Gasteiger partial charge < -0.3 is 4.74 Å². The number of nitro groups is 1. The van der Waals surface area contributed by atoms with Crippen molar-refractivity contribution in [1.82, 2.24) is 0 Å². The first kappa shape index (κ1) is 14.7. The number of benzene rings is 2. The van der Waals surface area contributed by atoms with Gasteiger partial charge in [0, 0.05) is 6.07 Å². The molecule has 0 spiro atoms. The standard InChI is InChI=1S/C16H15NO4/c1-11(18)15-10-14(8-9-16(15)17(19)20)21-12(2)13-6-4-3-5-7-13/h3-10,12H,1-2H3. The van der Waals surface area contributed by atoms with Crippen molar-refractivity contribution in [3.8, 4) is 5.75 Å². The van der Waals surface area contributed by atoms with E-state index in [-0.39, 0.29) is 23.1 Å². The number of nitrogens with zero attached hydrogens (tertiary/aromatic N) is 1. The summed E-state index contributed by atoms with van der Waals surface area (Å²) in [7, 11) is 0. The van der Waals surface area contributed by atoms with E-state index in [1.54, 1.807) is 0 Å². The highest BCUT2D eigenvalue weighted by atomic mass is 16.6. The minimum atomic E-state index is -0.568. The number of ether oxygens (including phenoxy) is 1. The first-order chi connectivity index (χ1) is 9.99. The molecule has 108 valence electrons. The van der Waals surface area contributed by atoms with Crippen LogP contribution in [0.25, 0.3) is 0 Å². The summed E-state index contributed by atoms with van der Waals surface area (Å²) in [5.74, 6) is 0.0710. The summed E-state index contributed by atoms with van der Waals surface area (Å²) < 4.78 is 5.75. The predicted octanol–water partition coefficient (Wildman–Crippen LogP) is 3.94. The molecule has 0 aliphatic carbocycles. The van der Waals surface area contributed by atoms with E-state index >= 15 is 0 Å². The van der Waals surface area contributed by atoms with Gasteiger partial charge in [0.05, 0.1) is 10.5 Å². The summed E-state index contributed by atoms with van der Waals surface area (Å²) in [4.78, 5) is 21.8. The molecule has 2 rings (SSSR count). The van der Waals surface area contributed by atoms with E-state index in [9.17, 15) is 14.9 Å². The molecule has 1 unspecified atom stereocenters. The van der Waals surface area contributed by atoms with Crippen LogP contribution in [0.4, 0.5) is 5.69 Å². The van der Waals surface area contributed by atoms with Crippen LogP contribution >= 0.6 is 0 Å². The average Bonchev–Trinajstić information content (AvgIpc) is 2.47. The Hall–Kier alpha value is -2.69. The third kappa shape index (κ3) is 3.45. The molecule has 1 atom stereocenters. The summed E-state index contributed by atoms with van der Waals surface area (Å²) in [5.41, 5.74) is 0.834. The Morgan fingerprint density at radius 2 is 1.86 bits per heavy atom. The van der Waals surface area contributed by atoms with Crippen molar-refractivity contribution in [2.75, 3.05) is 0 Å². The maximum Gasteiger partial charge on any atom is 0.280 e. The summed E-state index contributed by atoms with van der Waals surface area (Å²) in [5, 5.41) is 10.9. The van der Waals surface area contributed by atoms with E-state index in [0.29, 0.717) is 5.75 Å². The van der Waals surface area contributed by atoms with Gasteiger partial charge in [0.15, 0.2) is 5.78 Å². The molecule has 21 heavy (non-hydrogen) atoms. The van der Waals surface area contributed by atoms with E-state index in [2.05, 4.69) is 0 Å². The molecule has 0 saturated carbocycles. The second-order valence-electron chi connectivity index (χ2n) is 4.66. The fourth-order valence-corrected chi connectivity index (χ4v) is 2.03. The second-order valence-corrected chi connectivity index (χ2v) is 4.66. The molecule has 0 saturated heterocycles. The highest BCUT2D eigenvalue weighted by Gasteiger charge is 2.19. The Bertz CT molecular complexity index is 667. The normalized spacial score (nSPS) is 11.7. The fraction of sp³-hybridized carbons (Fsp3) is 0.188. The lowest BCUT2D eigenvalue weighted by molar-refractivity contribution is -0.385. The van der Waals surface area contributed by atoms with Gasteiger partial charge >= 0.3 is 0 Å². The molecular weight excluding hydrogens is 270 g/mol. The van der Waals surface area contributed by atoms with Crippen molar-refractivity contribution in [2.24, 2.45) is 0 Å². The Morgan fingerprint density at radius 3 is 2.43 bits per heavy atom. The Kier molecular flexibility index (Phi) is 4.33. The SMILES string of the molecule is CC(=O)c1cc(OC(C)c2ccccc2)ccc1[N+](=O)[O-]. The van der Waals surface area contributed by atoms with Gasteiger partial charge in [-0.2, -0.15) is 0 Å². The van der Waals surface area contributed by atoms with Gasteiger partial charge in [-0.1, -0.05) is 30.3 Å². The largest absolute Gasteiger partial charge is 0.486 e. The molecule has 0 amide bonds. The van der Waals surface area contributed by atoms with Crippen LogP contribution in [-0.4, -0.2) is 10.7 Å². The van der Waals surface area contributed by atoms with Crippen LogP contribution in [0.3, 0.4) is 0 Å². The summed E-state index contributed by atoms with van der Waals surface area (Å²) in [6.45, 7) is 3.18. The molecule has 0 N–H and O–H groups in total. The van der Waals surface area contributed by atoms with Crippen molar-refractivity contribution >= 4 is 11.5 Å². The Balaban J connectivity index is 2.27. The summed E-state index contributed by atoms with van der Waals surface area (Å²) in [6.07, 6.45) is -0.215. The molecule has 0 aromatic heterocycles. The van der Waals surface area contributed by atoms with Crippen LogP contribution < -0.4 is 4.74 Å². The quantitative estimate of drug-likeness (QED) is 0.474. The molecule has 0 heterocycles. The van der Waals surface area contributed by atoms with Crippen molar-refractivity contribution in [1.29, 1.82) is 0 Å². The van der Waals surface area contributed by atoms with Gasteiger partial charge in [-0.05, 0) is 31.5 Å². The zero-order chi connectivity index (χ0) is 15.4. The van der Waals surface area contributed by atoms with Crippen molar-refractivity contribution in [3.63, 3.8) is 0 Å². The van der Waals surface area contributed by atoms with Crippen LogP contribution in [0.2, 0.25) is 0 Å². The fourth-order valence-electron chi connectivity index (χ4n) is 2.03. The van der Waals surface area contributed by atoms with Crippen molar-refractivity contribution in [3.05, 3.63) is 69.8 Å². The van der Waals surface area contributed by atoms with Crippen molar-refractivity contribution in [2.45, 2.75) is 20.0 Å². The summed E-state index contributed by atoms with van der Waals surface area (Å²) in [6, 6.07) is 13.8. The number of carbonyl (C=O) groups is 1. The summed E-state index contributed by atoms with van der Waals surface area (Å²) >= 11 is 0. The second kappa shape index (κ2) is 6.17. The van der Waals surface area contributed by atoms with Gasteiger partial charge in [0.25, 0.3) is 5.69 Å². The maximum atomic E-state index is 11.5. The van der Waals surface area contributed by atoms with Gasteiger partial charge in [-0.3, -0.25) is 14.9 Å². The molecule has 0 aliphatic heterocycles. The molecule has 0 fully saturated rings. The molecule has 2 aromatic carbocycles. The number of nitro benzene ring substituents is 1. The van der Waals surface area contributed by atoms with Gasteiger partial charge in [-0.15, -0.1) is 0 Å². The molecule has 5 heteroatoms. The van der Waals surface area contributed by atoms with Crippen LogP contribution in [0, 0.1) is 10.1 Å². The minimum absolute atomic E-state index is 0.0535. The lowest BCUT2D eigenvalue weighted by Gasteiger charge is -2.15. The first-order valence-corrected chi connectivity index (χ1v) is 6.50. The first-order valence-electron chi connectivity index (χ1n) is 6.50. The smallest absolute Gasteiger partial charge is 0.280 e. The molecule has 0 bridgehead atoms. The van der Waals surface area contributed by atoms with Gasteiger partial charge in [0.1, 0.15) is 11.9 Å². The highest BCUT2D eigenvalue weighted by molar-refractivity contribution is 5.98. The molecule has 0 aliphatic rings. The van der Waals surface area contributed by atoms with E-state index < -0.39 is 4.92 Å². The molecular formula is C16H15NO4. The Morgan fingerprint density at radius 1 is 1.19 bits per heavy atom. The lowest BCUT2D eigenvalue weighted by atomic mass is 10.1. The third-order valence-electron chi connectivity index (χ3n) is 3.13. The zero-order valence-corrected chi connectivity index (χ0v) is 11.8. The van der Waals surface area contributed by atoms with Crippen molar-refractivity contribution < 1.29 is 14.5 Å². The Labute approximate surface area is 122 Å². The number of hydrogen-bond acceptors (Lipinski definition) is 4. The lowest BCUT2D eigenvalue weighted by Crippen LogP contribution is -2.05. The van der Waals surface area contributed by atoms with Gasteiger partial charge in [0.2, 0.25) is 0 Å². The maximum absolute atomic E-state index is 11.5. The molecule has 0 radical (unpaired) electrons. The van der Waals surface area contributed by atoms with Gasteiger partial charge in [-0.25, -0.2) is 0 Å². The van der Waals surface area contributed by atoms with E-state index in [1.807, 2.05) is 37.3 Å². The van der Waals surface area contributed by atoms with E-state index in [4.69, 9.17) is 4.74 Å². The minimum Gasteiger partial charge on any atom is -0.486 e. The number of carbonyl (C=O) groups excluding carboxylic acids is 1. The van der Waals surface area contributed by atoms with Crippen LogP contribution in [0.1, 0.15) is 35.9 Å². The van der Waals surface area contributed by atoms with E-state index in [0.717, 1.165) is 5.56 Å².